The zero-order chi connectivity index (χ0) is 45.7. The maximum atomic E-state index is 12.7. The van der Waals surface area contributed by atoms with E-state index in [0.717, 1.165) is 77.0 Å². The number of ether oxygens (including phenoxy) is 2. The highest BCUT2D eigenvalue weighted by Gasteiger charge is 2.21. The zero-order valence-corrected chi connectivity index (χ0v) is 41.4. The van der Waals surface area contributed by atoms with Gasteiger partial charge in [0.25, 0.3) is 7.82 Å². The molecule has 2 unspecified atom stereocenters. The minimum Gasteiger partial charge on any atom is -0.756 e. The standard InChI is InChI=1S/C52H94NO8P/c1-6-8-10-12-14-16-18-19-20-21-22-23-24-25-26-27-28-29-30-31-32-33-35-37-39-41-43-45-52(55)61-50(49-60-62(56,57)59-47-46-53(3,4)5)48-58-51(54)44-42-40-38-36-34-17-15-13-11-9-7-2/h8,10,14,16,19-20,22-23,25-26,50H,6-7,9,11-13,15,17-18,21,24,27-49H2,1-5H3/b10-8-,16-14-,20-19-,23-22-,26-25-. The van der Waals surface area contributed by atoms with Gasteiger partial charge in [-0.1, -0.05) is 197 Å². The Kier molecular flexibility index (Phi) is 42.3. The Labute approximate surface area is 381 Å². The first-order valence-electron chi connectivity index (χ1n) is 25.0. The molecule has 10 heteroatoms. The van der Waals surface area contributed by atoms with Crippen molar-refractivity contribution in [3.05, 3.63) is 60.8 Å². The van der Waals surface area contributed by atoms with E-state index >= 15 is 0 Å². The van der Waals surface area contributed by atoms with Gasteiger partial charge in [0, 0.05) is 12.8 Å². The van der Waals surface area contributed by atoms with Gasteiger partial charge in [-0.25, -0.2) is 0 Å². The van der Waals surface area contributed by atoms with Crippen LogP contribution in [0.15, 0.2) is 60.8 Å². The van der Waals surface area contributed by atoms with Gasteiger partial charge in [0.2, 0.25) is 0 Å². The third kappa shape index (κ3) is 47.2. The van der Waals surface area contributed by atoms with Crippen LogP contribution in [0.4, 0.5) is 0 Å². The van der Waals surface area contributed by atoms with Crippen LogP contribution in [0.5, 0.6) is 0 Å². The van der Waals surface area contributed by atoms with Crippen LogP contribution >= 0.6 is 7.82 Å². The van der Waals surface area contributed by atoms with Gasteiger partial charge < -0.3 is 27.9 Å². The summed E-state index contributed by atoms with van der Waals surface area (Å²) in [6.07, 6.45) is 54.0. The van der Waals surface area contributed by atoms with E-state index in [-0.39, 0.29) is 32.0 Å². The maximum absolute atomic E-state index is 12.7. The summed E-state index contributed by atoms with van der Waals surface area (Å²) >= 11 is 0. The number of carbonyl (C=O) groups excluding carboxylic acids is 2. The number of hydrogen-bond acceptors (Lipinski definition) is 8. The van der Waals surface area contributed by atoms with Crippen LogP contribution in [0.2, 0.25) is 0 Å². The molecule has 2 atom stereocenters. The van der Waals surface area contributed by atoms with Crippen LogP contribution in [0, 0.1) is 0 Å². The average molecular weight is 892 g/mol. The summed E-state index contributed by atoms with van der Waals surface area (Å²) in [5.74, 6) is -0.836. The van der Waals surface area contributed by atoms with Crippen molar-refractivity contribution in [2.45, 2.75) is 213 Å². The van der Waals surface area contributed by atoms with Crippen LogP contribution in [0.3, 0.4) is 0 Å². The largest absolute Gasteiger partial charge is 0.756 e. The summed E-state index contributed by atoms with van der Waals surface area (Å²) < 4.78 is 34.0. The van der Waals surface area contributed by atoms with Gasteiger partial charge in [0.15, 0.2) is 6.10 Å². The Morgan fingerprint density at radius 3 is 1.37 bits per heavy atom. The fraction of sp³-hybridized carbons (Fsp3) is 0.769. The number of esters is 2. The molecule has 0 aliphatic rings. The number of carbonyl (C=O) groups is 2. The van der Waals surface area contributed by atoms with E-state index in [1.165, 1.54) is 96.3 Å². The van der Waals surface area contributed by atoms with Crippen LogP contribution < -0.4 is 4.89 Å². The minimum absolute atomic E-state index is 0.0321. The topological polar surface area (TPSA) is 111 Å². The third-order valence-corrected chi connectivity index (χ3v) is 11.5. The van der Waals surface area contributed by atoms with Gasteiger partial charge in [-0.2, -0.15) is 0 Å². The first kappa shape index (κ1) is 59.7. The van der Waals surface area contributed by atoms with Crippen molar-refractivity contribution in [2.75, 3.05) is 47.5 Å². The lowest BCUT2D eigenvalue weighted by molar-refractivity contribution is -0.870. The molecular formula is C52H94NO8P. The summed E-state index contributed by atoms with van der Waals surface area (Å²) in [6, 6.07) is 0. The van der Waals surface area contributed by atoms with Crippen molar-refractivity contribution >= 4 is 19.8 Å². The molecule has 0 saturated heterocycles. The Morgan fingerprint density at radius 1 is 0.516 bits per heavy atom. The molecule has 0 fully saturated rings. The molecule has 0 saturated carbocycles. The van der Waals surface area contributed by atoms with E-state index in [1.807, 2.05) is 21.1 Å². The number of likely N-dealkylation sites (N-methyl/N-ethyl adjacent to an activating group) is 1. The Hall–Kier alpha value is -2.29. The molecule has 0 aromatic carbocycles. The van der Waals surface area contributed by atoms with Gasteiger partial charge in [-0.3, -0.25) is 14.2 Å². The lowest BCUT2D eigenvalue weighted by Crippen LogP contribution is -2.37. The molecule has 0 amide bonds. The summed E-state index contributed by atoms with van der Waals surface area (Å²) in [5.41, 5.74) is 0. The molecule has 0 aromatic rings. The highest BCUT2D eigenvalue weighted by molar-refractivity contribution is 7.45. The molecular weight excluding hydrogens is 798 g/mol. The minimum atomic E-state index is -4.63. The summed E-state index contributed by atoms with van der Waals surface area (Å²) in [5, 5.41) is 0. The Morgan fingerprint density at radius 2 is 0.919 bits per heavy atom. The van der Waals surface area contributed by atoms with Gasteiger partial charge >= 0.3 is 11.9 Å². The molecule has 62 heavy (non-hydrogen) atoms. The van der Waals surface area contributed by atoms with Crippen LogP contribution in [0.25, 0.3) is 0 Å². The lowest BCUT2D eigenvalue weighted by atomic mass is 10.0. The third-order valence-electron chi connectivity index (χ3n) is 10.6. The second-order valence-corrected chi connectivity index (χ2v) is 19.2. The first-order chi connectivity index (χ1) is 30.0. The molecule has 0 aliphatic carbocycles. The fourth-order valence-electron chi connectivity index (χ4n) is 6.68. The summed E-state index contributed by atoms with van der Waals surface area (Å²) in [6.45, 7) is 4.11. The number of allylic oxidation sites excluding steroid dienone is 10. The number of quaternary nitrogens is 1. The second-order valence-electron chi connectivity index (χ2n) is 17.8. The van der Waals surface area contributed by atoms with Crippen molar-refractivity contribution in [1.82, 2.24) is 0 Å². The first-order valence-corrected chi connectivity index (χ1v) is 26.5. The quantitative estimate of drug-likeness (QED) is 0.0195. The number of phosphoric acid groups is 1. The van der Waals surface area contributed by atoms with E-state index in [4.69, 9.17) is 18.5 Å². The normalized spacial score (nSPS) is 14.0. The van der Waals surface area contributed by atoms with E-state index in [9.17, 15) is 19.0 Å². The van der Waals surface area contributed by atoms with Crippen molar-refractivity contribution in [3.63, 3.8) is 0 Å². The van der Waals surface area contributed by atoms with Crippen molar-refractivity contribution < 1.29 is 42.1 Å². The summed E-state index contributed by atoms with van der Waals surface area (Å²) in [4.78, 5) is 37.6. The molecule has 0 aromatic heterocycles. The Balaban J connectivity index is 4.17. The Bertz CT molecular complexity index is 1240. The SMILES string of the molecule is CC/C=C\C/C=C\C/C=C\C/C=C\C/C=C\CCCCCCCCCCCCCC(=O)OC(COC(=O)CCCCCCCCCCCCC)COP(=O)([O-])OCC[N+](C)(C)C. The molecule has 9 nitrogen and oxygen atoms in total. The highest BCUT2D eigenvalue weighted by atomic mass is 31.2. The molecule has 0 N–H and O–H groups in total. The van der Waals surface area contributed by atoms with Gasteiger partial charge in [-0.15, -0.1) is 0 Å². The van der Waals surface area contributed by atoms with Gasteiger partial charge in [0.1, 0.15) is 19.8 Å². The number of rotatable bonds is 45. The number of hydrogen-bond donors (Lipinski definition) is 0. The van der Waals surface area contributed by atoms with Gasteiger partial charge in [0.05, 0.1) is 27.7 Å². The molecule has 0 heterocycles. The van der Waals surface area contributed by atoms with E-state index in [1.54, 1.807) is 0 Å². The van der Waals surface area contributed by atoms with Crippen molar-refractivity contribution in [3.8, 4) is 0 Å². The predicted octanol–water partition coefficient (Wildman–Crippen LogP) is 14.2. The monoisotopic (exact) mass is 892 g/mol. The fourth-order valence-corrected chi connectivity index (χ4v) is 7.41. The van der Waals surface area contributed by atoms with E-state index < -0.39 is 26.5 Å². The highest BCUT2D eigenvalue weighted by Crippen LogP contribution is 2.38. The maximum Gasteiger partial charge on any atom is 0.306 e. The van der Waals surface area contributed by atoms with Crippen LogP contribution in [0.1, 0.15) is 206 Å². The van der Waals surface area contributed by atoms with Crippen molar-refractivity contribution in [1.29, 1.82) is 0 Å². The number of unbranched alkanes of at least 4 members (excludes halogenated alkanes) is 21. The second kappa shape index (κ2) is 43.9. The predicted molar refractivity (Wildman–Crippen MR) is 259 cm³/mol. The zero-order valence-electron chi connectivity index (χ0n) is 40.6. The van der Waals surface area contributed by atoms with E-state index in [2.05, 4.69) is 74.6 Å². The number of phosphoric ester groups is 1. The van der Waals surface area contributed by atoms with Crippen molar-refractivity contribution in [2.24, 2.45) is 0 Å². The van der Waals surface area contributed by atoms with E-state index in [0.29, 0.717) is 17.4 Å². The molecule has 0 bridgehead atoms. The van der Waals surface area contributed by atoms with Gasteiger partial charge in [-0.05, 0) is 57.8 Å². The molecule has 0 aliphatic heterocycles. The summed E-state index contributed by atoms with van der Waals surface area (Å²) in [7, 11) is 1.16. The molecule has 360 valence electrons. The average Bonchev–Trinajstić information content (AvgIpc) is 3.23. The lowest BCUT2D eigenvalue weighted by Gasteiger charge is -2.28. The molecule has 0 spiro atoms. The van der Waals surface area contributed by atoms with Crippen LogP contribution in [-0.4, -0.2) is 70.0 Å². The van der Waals surface area contributed by atoms with Crippen LogP contribution in [-0.2, 0) is 32.7 Å². The number of nitrogens with zero attached hydrogens (tertiary/aromatic N) is 1. The molecule has 0 radical (unpaired) electrons. The molecule has 0 rings (SSSR count). The smallest absolute Gasteiger partial charge is 0.306 e.